The van der Waals surface area contributed by atoms with Crippen LogP contribution in [0.3, 0.4) is 0 Å². The van der Waals surface area contributed by atoms with Crippen molar-refractivity contribution in [2.75, 3.05) is 11.9 Å². The lowest BCUT2D eigenvalue weighted by Crippen LogP contribution is -2.40. The Morgan fingerprint density at radius 1 is 1.00 bits per heavy atom. The molecule has 0 unspecified atom stereocenters. The number of benzene rings is 1. The summed E-state index contributed by atoms with van der Waals surface area (Å²) in [4.78, 5) is 46.9. The fourth-order valence-corrected chi connectivity index (χ4v) is 2.88. The van der Waals surface area contributed by atoms with Crippen LogP contribution < -0.4 is 16.2 Å². The Morgan fingerprint density at radius 3 is 2.32 bits per heavy atom. The number of hydrogen-bond acceptors (Lipinski definition) is 5. The topological polar surface area (TPSA) is 114 Å². The summed E-state index contributed by atoms with van der Waals surface area (Å²) >= 11 is 0. The molecule has 1 aromatic rings. The molecule has 3 N–H and O–H groups in total. The average molecular weight is 387 g/mol. The standard InChI is InChI=1S/C20H25N3O5/c1-2-28-18(25)13-12-17(24)22-23-20(27)15-8-10-16(11-9-15)21-19(26)14-6-4-3-5-7-14/h8-14H,2-7H2,1H3,(H,21,26)(H,22,24)(H,23,27)/b13-12+. The molecule has 1 aromatic carbocycles. The molecule has 0 aliphatic heterocycles. The summed E-state index contributed by atoms with van der Waals surface area (Å²) in [6, 6.07) is 6.37. The smallest absolute Gasteiger partial charge is 0.330 e. The number of esters is 1. The van der Waals surface area contributed by atoms with Gasteiger partial charge in [-0.05, 0) is 44.0 Å². The highest BCUT2D eigenvalue weighted by Crippen LogP contribution is 2.25. The van der Waals surface area contributed by atoms with Crippen molar-refractivity contribution >= 4 is 29.4 Å². The normalized spacial score (nSPS) is 14.3. The van der Waals surface area contributed by atoms with Gasteiger partial charge in [0, 0.05) is 29.3 Å². The number of carbonyl (C=O) groups is 4. The molecule has 0 atom stereocenters. The lowest BCUT2D eigenvalue weighted by atomic mass is 9.88. The van der Waals surface area contributed by atoms with E-state index in [-0.39, 0.29) is 18.4 Å². The van der Waals surface area contributed by atoms with Crippen molar-refractivity contribution in [2.24, 2.45) is 5.92 Å². The van der Waals surface area contributed by atoms with Crippen LogP contribution in [0.2, 0.25) is 0 Å². The quantitative estimate of drug-likeness (QED) is 0.393. The monoisotopic (exact) mass is 387 g/mol. The molecule has 28 heavy (non-hydrogen) atoms. The fraction of sp³-hybridized carbons (Fsp3) is 0.400. The highest BCUT2D eigenvalue weighted by atomic mass is 16.5. The number of ether oxygens (including phenoxy) is 1. The third-order valence-electron chi connectivity index (χ3n) is 4.35. The van der Waals surface area contributed by atoms with Gasteiger partial charge in [0.05, 0.1) is 6.61 Å². The third kappa shape index (κ3) is 6.86. The van der Waals surface area contributed by atoms with E-state index in [1.54, 1.807) is 31.2 Å². The summed E-state index contributed by atoms with van der Waals surface area (Å²) < 4.78 is 4.64. The number of hydrogen-bond donors (Lipinski definition) is 3. The van der Waals surface area contributed by atoms with Crippen molar-refractivity contribution < 1.29 is 23.9 Å². The molecule has 0 aromatic heterocycles. The van der Waals surface area contributed by atoms with Gasteiger partial charge in [-0.3, -0.25) is 25.2 Å². The van der Waals surface area contributed by atoms with Gasteiger partial charge in [-0.25, -0.2) is 4.79 Å². The zero-order chi connectivity index (χ0) is 20.4. The fourth-order valence-electron chi connectivity index (χ4n) is 2.88. The lowest BCUT2D eigenvalue weighted by molar-refractivity contribution is -0.137. The molecule has 150 valence electrons. The SMILES string of the molecule is CCOC(=O)/C=C/C(=O)NNC(=O)c1ccc(NC(=O)C2CCCCC2)cc1. The summed E-state index contributed by atoms with van der Waals surface area (Å²) in [5.41, 5.74) is 5.33. The van der Waals surface area contributed by atoms with Gasteiger partial charge < -0.3 is 10.1 Å². The molecule has 8 nitrogen and oxygen atoms in total. The number of anilines is 1. The molecular formula is C20H25N3O5. The van der Waals surface area contributed by atoms with Gasteiger partial charge in [0.25, 0.3) is 11.8 Å². The molecule has 0 spiro atoms. The van der Waals surface area contributed by atoms with E-state index in [0.29, 0.717) is 11.3 Å². The highest BCUT2D eigenvalue weighted by molar-refractivity contribution is 5.99. The van der Waals surface area contributed by atoms with Crippen LogP contribution in [0.25, 0.3) is 0 Å². The Kier molecular flexibility index (Phi) is 8.20. The molecule has 0 heterocycles. The van der Waals surface area contributed by atoms with Crippen LogP contribution in [0.4, 0.5) is 5.69 Å². The van der Waals surface area contributed by atoms with Gasteiger partial charge in [-0.15, -0.1) is 0 Å². The summed E-state index contributed by atoms with van der Waals surface area (Å²) in [7, 11) is 0. The highest BCUT2D eigenvalue weighted by Gasteiger charge is 2.21. The van der Waals surface area contributed by atoms with Crippen molar-refractivity contribution in [3.8, 4) is 0 Å². The van der Waals surface area contributed by atoms with Crippen LogP contribution in [0.5, 0.6) is 0 Å². The predicted octanol–water partition coefficient (Wildman–Crippen LogP) is 2.09. The Morgan fingerprint density at radius 2 is 1.68 bits per heavy atom. The molecule has 1 aliphatic carbocycles. The first kappa shape index (κ1) is 21.1. The average Bonchev–Trinajstić information content (AvgIpc) is 2.72. The largest absolute Gasteiger partial charge is 0.463 e. The van der Waals surface area contributed by atoms with Crippen molar-refractivity contribution in [2.45, 2.75) is 39.0 Å². The second kappa shape index (κ2) is 10.9. The van der Waals surface area contributed by atoms with Crippen molar-refractivity contribution in [3.63, 3.8) is 0 Å². The number of amides is 3. The first-order valence-electron chi connectivity index (χ1n) is 9.35. The van der Waals surface area contributed by atoms with E-state index in [1.165, 1.54) is 6.42 Å². The first-order chi connectivity index (χ1) is 13.5. The van der Waals surface area contributed by atoms with E-state index in [9.17, 15) is 19.2 Å². The van der Waals surface area contributed by atoms with Gasteiger partial charge in [-0.1, -0.05) is 19.3 Å². The van der Waals surface area contributed by atoms with Gasteiger partial charge >= 0.3 is 5.97 Å². The molecule has 3 amide bonds. The second-order valence-electron chi connectivity index (χ2n) is 6.43. The minimum Gasteiger partial charge on any atom is -0.463 e. The maximum absolute atomic E-state index is 12.2. The van der Waals surface area contributed by atoms with E-state index in [2.05, 4.69) is 20.9 Å². The molecule has 1 fully saturated rings. The zero-order valence-electron chi connectivity index (χ0n) is 15.8. The summed E-state index contributed by atoms with van der Waals surface area (Å²) in [6.07, 6.45) is 7.10. The first-order valence-corrected chi connectivity index (χ1v) is 9.35. The van der Waals surface area contributed by atoms with E-state index < -0.39 is 17.8 Å². The lowest BCUT2D eigenvalue weighted by Gasteiger charge is -2.20. The maximum Gasteiger partial charge on any atom is 0.330 e. The van der Waals surface area contributed by atoms with E-state index in [1.807, 2.05) is 0 Å². The van der Waals surface area contributed by atoms with Gasteiger partial charge in [0.1, 0.15) is 0 Å². The van der Waals surface area contributed by atoms with Crippen LogP contribution >= 0.6 is 0 Å². The van der Waals surface area contributed by atoms with Gasteiger partial charge in [0.15, 0.2) is 0 Å². The molecule has 8 heteroatoms. The Bertz CT molecular complexity index is 737. The molecule has 2 rings (SSSR count). The van der Waals surface area contributed by atoms with Crippen LogP contribution in [0.15, 0.2) is 36.4 Å². The van der Waals surface area contributed by atoms with Crippen molar-refractivity contribution in [1.82, 2.24) is 10.9 Å². The van der Waals surface area contributed by atoms with Gasteiger partial charge in [-0.2, -0.15) is 0 Å². The third-order valence-corrected chi connectivity index (χ3v) is 4.35. The van der Waals surface area contributed by atoms with Crippen molar-refractivity contribution in [3.05, 3.63) is 42.0 Å². The summed E-state index contributed by atoms with van der Waals surface area (Å²) in [5, 5.41) is 2.87. The van der Waals surface area contributed by atoms with Crippen molar-refractivity contribution in [1.29, 1.82) is 0 Å². The van der Waals surface area contributed by atoms with Crippen LogP contribution in [0.1, 0.15) is 49.4 Å². The molecule has 1 aliphatic rings. The van der Waals surface area contributed by atoms with E-state index in [0.717, 1.165) is 37.8 Å². The molecule has 0 bridgehead atoms. The maximum atomic E-state index is 12.2. The number of hydrazine groups is 1. The van der Waals surface area contributed by atoms with Crippen LogP contribution in [-0.4, -0.2) is 30.3 Å². The minimum atomic E-state index is -0.669. The Labute approximate surface area is 163 Å². The molecule has 0 radical (unpaired) electrons. The number of carbonyl (C=O) groups excluding carboxylic acids is 4. The van der Waals surface area contributed by atoms with E-state index in [4.69, 9.17) is 0 Å². The summed E-state index contributed by atoms with van der Waals surface area (Å²) in [5.74, 6) is -1.78. The molecule has 0 saturated heterocycles. The van der Waals surface area contributed by atoms with Crippen LogP contribution in [0, 0.1) is 5.92 Å². The number of rotatable bonds is 6. The Balaban J connectivity index is 1.80. The predicted molar refractivity (Wildman–Crippen MR) is 103 cm³/mol. The van der Waals surface area contributed by atoms with E-state index >= 15 is 0 Å². The van der Waals surface area contributed by atoms with Crippen LogP contribution in [-0.2, 0) is 19.1 Å². The Hall–Kier alpha value is -3.16. The van der Waals surface area contributed by atoms with Gasteiger partial charge in [0.2, 0.25) is 5.91 Å². The number of nitrogens with one attached hydrogen (secondary N) is 3. The second-order valence-corrected chi connectivity index (χ2v) is 6.43. The summed E-state index contributed by atoms with van der Waals surface area (Å²) in [6.45, 7) is 1.86. The molecular weight excluding hydrogens is 362 g/mol. The minimum absolute atomic E-state index is 0.0116. The zero-order valence-corrected chi connectivity index (χ0v) is 15.8. The molecule has 1 saturated carbocycles.